The lowest BCUT2D eigenvalue weighted by molar-refractivity contribution is -0.873. The van der Waals surface area contributed by atoms with Gasteiger partial charge in [0.05, 0.1) is 21.1 Å². The third kappa shape index (κ3) is 39.1. The fourth-order valence-corrected chi connectivity index (χ4v) is 5.92. The predicted octanol–water partition coefficient (Wildman–Crippen LogP) is 9.23. The van der Waals surface area contributed by atoms with Crippen LogP contribution < -0.4 is 12.4 Å². The van der Waals surface area contributed by atoms with Crippen LogP contribution in [0, 0.1) is 0 Å². The number of allylic oxidation sites excluding steroid dienone is 4. The van der Waals surface area contributed by atoms with Gasteiger partial charge in [0.15, 0.2) is 6.10 Å². The molecule has 0 aliphatic heterocycles. The summed E-state index contributed by atoms with van der Waals surface area (Å²) < 4.78 is 12.0. The maximum absolute atomic E-state index is 12.6. The van der Waals surface area contributed by atoms with Crippen molar-refractivity contribution in [3.8, 4) is 0 Å². The number of carbonyl (C=O) groups excluding carboxylic acids is 2. The van der Waals surface area contributed by atoms with Crippen molar-refractivity contribution in [1.29, 1.82) is 0 Å². The molecule has 0 aromatic carbocycles. The zero-order chi connectivity index (χ0) is 34.7. The number of halogens is 1. The van der Waals surface area contributed by atoms with Crippen LogP contribution in [0.15, 0.2) is 24.3 Å². The van der Waals surface area contributed by atoms with E-state index in [0.29, 0.717) is 23.9 Å². The molecule has 1 atom stereocenters. The molecular formula is C42H80ClNO4. The first-order valence-electron chi connectivity index (χ1n) is 20.2. The first-order chi connectivity index (χ1) is 22.8. The first-order valence-corrected chi connectivity index (χ1v) is 20.2. The molecule has 0 heterocycles. The van der Waals surface area contributed by atoms with Crippen molar-refractivity contribution in [2.24, 2.45) is 0 Å². The Hall–Kier alpha value is -1.33. The van der Waals surface area contributed by atoms with Crippen molar-refractivity contribution in [3.63, 3.8) is 0 Å². The molecule has 5 nitrogen and oxygen atoms in total. The molecule has 0 N–H and O–H groups in total. The number of hydrogen-bond donors (Lipinski definition) is 0. The van der Waals surface area contributed by atoms with Crippen LogP contribution in [0.25, 0.3) is 0 Å². The number of ether oxygens (including phenoxy) is 2. The molecule has 0 bridgehead atoms. The van der Waals surface area contributed by atoms with Crippen LogP contribution in [0.2, 0.25) is 0 Å². The molecule has 0 rings (SSSR count). The van der Waals surface area contributed by atoms with Crippen LogP contribution >= 0.6 is 0 Å². The molecule has 0 spiro atoms. The quantitative estimate of drug-likeness (QED) is 0.0287. The average molecular weight is 699 g/mol. The summed E-state index contributed by atoms with van der Waals surface area (Å²) in [5.74, 6) is -0.350. The number of unbranched alkanes of at least 4 members (excludes halogenated alkanes) is 22. The summed E-state index contributed by atoms with van der Waals surface area (Å²) in [6, 6.07) is 0. The van der Waals surface area contributed by atoms with Crippen LogP contribution in [0.3, 0.4) is 0 Å². The molecule has 0 aliphatic carbocycles. The highest BCUT2D eigenvalue weighted by molar-refractivity contribution is 5.70. The Bertz CT molecular complexity index is 761. The number of quaternary nitrogens is 1. The molecule has 1 unspecified atom stereocenters. The Morgan fingerprint density at radius 2 is 0.833 bits per heavy atom. The molecule has 48 heavy (non-hydrogen) atoms. The Labute approximate surface area is 305 Å². The average Bonchev–Trinajstić information content (AvgIpc) is 3.03. The SMILES string of the molecule is CCCCCCCCC=CCCCCCCCC(=O)OCC(C[N+](C)(C)C)OC(=O)CCCCCCC/C=C\CCCCCCCC.[Cl-]. The van der Waals surface area contributed by atoms with E-state index in [1.807, 2.05) is 0 Å². The van der Waals surface area contributed by atoms with Crippen molar-refractivity contribution in [1.82, 2.24) is 0 Å². The maximum Gasteiger partial charge on any atom is 0.306 e. The molecule has 0 saturated carbocycles. The summed E-state index contributed by atoms with van der Waals surface area (Å²) in [5, 5.41) is 0. The topological polar surface area (TPSA) is 52.6 Å². The van der Waals surface area contributed by atoms with Crippen LogP contribution in [0.1, 0.15) is 194 Å². The zero-order valence-corrected chi connectivity index (χ0v) is 33.3. The minimum atomic E-state index is -0.399. The van der Waals surface area contributed by atoms with E-state index in [4.69, 9.17) is 9.47 Å². The van der Waals surface area contributed by atoms with Crippen molar-refractivity contribution in [2.75, 3.05) is 34.3 Å². The van der Waals surface area contributed by atoms with E-state index in [1.54, 1.807) is 0 Å². The zero-order valence-electron chi connectivity index (χ0n) is 32.6. The van der Waals surface area contributed by atoms with Crippen LogP contribution in [-0.2, 0) is 19.1 Å². The van der Waals surface area contributed by atoms with E-state index in [-0.39, 0.29) is 31.0 Å². The van der Waals surface area contributed by atoms with Gasteiger partial charge < -0.3 is 26.4 Å². The number of esters is 2. The van der Waals surface area contributed by atoms with E-state index in [1.165, 1.54) is 128 Å². The summed E-state index contributed by atoms with van der Waals surface area (Å²) in [7, 11) is 6.20. The smallest absolute Gasteiger partial charge is 0.306 e. The van der Waals surface area contributed by atoms with Gasteiger partial charge in [-0.05, 0) is 64.2 Å². The number of likely N-dealkylation sites (N-methyl/N-ethyl adjacent to an activating group) is 1. The minimum absolute atomic E-state index is 0. The molecule has 0 aliphatic rings. The first kappa shape index (κ1) is 48.8. The number of nitrogens with zero attached hydrogens (tertiary/aromatic N) is 1. The van der Waals surface area contributed by atoms with Gasteiger partial charge in [-0.25, -0.2) is 0 Å². The fourth-order valence-electron chi connectivity index (χ4n) is 5.92. The summed E-state index contributed by atoms with van der Waals surface area (Å²) >= 11 is 0. The summed E-state index contributed by atoms with van der Waals surface area (Å²) in [6.45, 7) is 5.31. The molecule has 284 valence electrons. The van der Waals surface area contributed by atoms with Crippen LogP contribution in [-0.4, -0.2) is 56.8 Å². The highest BCUT2D eigenvalue weighted by Crippen LogP contribution is 2.13. The Morgan fingerprint density at radius 1 is 0.500 bits per heavy atom. The maximum atomic E-state index is 12.6. The van der Waals surface area contributed by atoms with Crippen molar-refractivity contribution in [3.05, 3.63) is 24.3 Å². The molecule has 0 aromatic rings. The summed E-state index contributed by atoms with van der Waals surface area (Å²) in [4.78, 5) is 24.9. The molecule has 6 heteroatoms. The van der Waals surface area contributed by atoms with E-state index in [0.717, 1.165) is 38.5 Å². The Balaban J connectivity index is 0. The van der Waals surface area contributed by atoms with Crippen molar-refractivity contribution >= 4 is 11.9 Å². The van der Waals surface area contributed by atoms with Crippen molar-refractivity contribution in [2.45, 2.75) is 200 Å². The minimum Gasteiger partial charge on any atom is -1.00 e. The lowest BCUT2D eigenvalue weighted by Gasteiger charge is -2.28. The van der Waals surface area contributed by atoms with Crippen molar-refractivity contribution < 1.29 is 36.0 Å². The van der Waals surface area contributed by atoms with Gasteiger partial charge >= 0.3 is 11.9 Å². The standard InChI is InChI=1S/C42H80NO4.ClH/c1-6-8-10-12-14-16-18-20-22-24-26-28-30-32-34-36-41(44)46-39-40(38-43(3,4)5)47-42(45)37-35-33-31-29-27-25-23-21-19-17-15-13-11-9-7-2;/h20-23,40H,6-19,24-39H2,1-5H3;1H/q+1;/p-1/b22-20?,23-21-;. The highest BCUT2D eigenvalue weighted by atomic mass is 35.5. The van der Waals surface area contributed by atoms with Gasteiger partial charge in [0.1, 0.15) is 13.2 Å². The number of hydrogen-bond acceptors (Lipinski definition) is 4. The lowest BCUT2D eigenvalue weighted by Crippen LogP contribution is -3.00. The number of rotatable bonds is 35. The molecule has 0 amide bonds. The second-order valence-electron chi connectivity index (χ2n) is 14.9. The van der Waals surface area contributed by atoms with Crippen LogP contribution in [0.4, 0.5) is 0 Å². The molecule has 0 radical (unpaired) electrons. The molecule has 0 aromatic heterocycles. The normalized spacial score (nSPS) is 12.4. The van der Waals surface area contributed by atoms with Gasteiger partial charge in [0, 0.05) is 12.8 Å². The van der Waals surface area contributed by atoms with Gasteiger partial charge in [-0.3, -0.25) is 9.59 Å². The van der Waals surface area contributed by atoms with Gasteiger partial charge in [-0.15, -0.1) is 0 Å². The van der Waals surface area contributed by atoms with Gasteiger partial charge in [-0.2, -0.15) is 0 Å². The molecule has 0 fully saturated rings. The lowest BCUT2D eigenvalue weighted by atomic mass is 10.1. The molecular weight excluding hydrogens is 618 g/mol. The monoisotopic (exact) mass is 698 g/mol. The second-order valence-corrected chi connectivity index (χ2v) is 14.9. The molecule has 0 saturated heterocycles. The van der Waals surface area contributed by atoms with E-state index < -0.39 is 6.10 Å². The Morgan fingerprint density at radius 3 is 1.21 bits per heavy atom. The van der Waals surface area contributed by atoms with Gasteiger partial charge in [0.25, 0.3) is 0 Å². The summed E-state index contributed by atoms with van der Waals surface area (Å²) in [5.41, 5.74) is 0. The van der Waals surface area contributed by atoms with Gasteiger partial charge in [-0.1, -0.05) is 141 Å². The van der Waals surface area contributed by atoms with Crippen LogP contribution in [0.5, 0.6) is 0 Å². The van der Waals surface area contributed by atoms with E-state index in [9.17, 15) is 9.59 Å². The summed E-state index contributed by atoms with van der Waals surface area (Å²) in [6.07, 6.45) is 42.1. The predicted molar refractivity (Wildman–Crippen MR) is 203 cm³/mol. The highest BCUT2D eigenvalue weighted by Gasteiger charge is 2.23. The third-order valence-electron chi connectivity index (χ3n) is 8.77. The largest absolute Gasteiger partial charge is 1.00 e. The number of carbonyl (C=O) groups is 2. The van der Waals surface area contributed by atoms with E-state index >= 15 is 0 Å². The van der Waals surface area contributed by atoms with Gasteiger partial charge in [0.2, 0.25) is 0 Å². The third-order valence-corrected chi connectivity index (χ3v) is 8.77. The fraction of sp³-hybridized carbons (Fsp3) is 0.857. The van der Waals surface area contributed by atoms with E-state index in [2.05, 4.69) is 59.3 Å². The second kappa shape index (κ2) is 36.9. The Kier molecular flexibility index (Phi) is 37.5.